The van der Waals surface area contributed by atoms with Gasteiger partial charge in [0, 0.05) is 68.3 Å². The third-order valence-corrected chi connectivity index (χ3v) is 17.5. The first-order chi connectivity index (χ1) is 43.4. The molecule has 4 saturated heterocycles. The second-order valence-electron chi connectivity index (χ2n) is 25.8. The van der Waals surface area contributed by atoms with Crippen LogP contribution in [-0.4, -0.2) is 185 Å². The van der Waals surface area contributed by atoms with Gasteiger partial charge in [-0.25, -0.2) is 9.59 Å². The molecule has 91 heavy (non-hydrogen) atoms. The monoisotopic (exact) mass is 1290 g/mol. The van der Waals surface area contributed by atoms with E-state index in [2.05, 4.69) is 6.92 Å². The van der Waals surface area contributed by atoms with E-state index in [0.29, 0.717) is 56.3 Å². The van der Waals surface area contributed by atoms with Crippen molar-refractivity contribution >= 4 is 29.8 Å². The largest absolute Gasteiger partial charge is 0.462 e. The molecule has 2 unspecified atom stereocenters. The maximum Gasteiger partial charge on any atom is 0.331 e. The van der Waals surface area contributed by atoms with Crippen LogP contribution in [0.5, 0.6) is 0 Å². The second-order valence-corrected chi connectivity index (χ2v) is 25.8. The van der Waals surface area contributed by atoms with Gasteiger partial charge < -0.3 is 82.7 Å². The summed E-state index contributed by atoms with van der Waals surface area (Å²) in [5.41, 5.74) is -1.21. The molecule has 8 bridgehead atoms. The maximum absolute atomic E-state index is 13.1. The van der Waals surface area contributed by atoms with Gasteiger partial charge in [-0.15, -0.1) is 0 Å². The lowest BCUT2D eigenvalue weighted by Crippen LogP contribution is -2.62. The zero-order valence-corrected chi connectivity index (χ0v) is 55.2. The summed E-state index contributed by atoms with van der Waals surface area (Å²) in [5, 5.41) is 65.8. The molecular weight excluding hydrogens is 1180 g/mol. The fraction of sp³-hybridized carbons (Fsp3) is 0.754. The first-order valence-corrected chi connectivity index (χ1v) is 33.3. The van der Waals surface area contributed by atoms with Gasteiger partial charge in [-0.1, -0.05) is 116 Å². The molecule has 22 heteroatoms. The van der Waals surface area contributed by atoms with Crippen molar-refractivity contribution in [1.82, 2.24) is 0 Å². The Labute approximate surface area is 538 Å². The molecule has 0 spiro atoms. The van der Waals surface area contributed by atoms with Crippen molar-refractivity contribution in [2.45, 2.75) is 282 Å². The number of fused-ring (bicyclic) bond motifs is 8. The Hall–Kier alpha value is -4.69. The lowest BCUT2D eigenvalue weighted by Gasteiger charge is -2.51. The van der Waals surface area contributed by atoms with Gasteiger partial charge in [0.1, 0.15) is 12.2 Å². The lowest BCUT2D eigenvalue weighted by atomic mass is 9.74. The molecule has 6 N–H and O–H groups in total. The minimum atomic E-state index is -2.18. The number of ether oxygens (including phenoxy) is 11. The highest BCUT2D eigenvalue weighted by Crippen LogP contribution is 2.48. The molecule has 0 saturated carbocycles. The first-order valence-electron chi connectivity index (χ1n) is 33.3. The first kappa shape index (κ1) is 77.0. The van der Waals surface area contributed by atoms with E-state index in [1.165, 1.54) is 18.2 Å². The van der Waals surface area contributed by atoms with Gasteiger partial charge in [-0.05, 0) is 95.3 Å². The summed E-state index contributed by atoms with van der Waals surface area (Å²) in [7, 11) is 0. The van der Waals surface area contributed by atoms with Crippen LogP contribution in [0.2, 0.25) is 0 Å². The predicted molar refractivity (Wildman–Crippen MR) is 335 cm³/mol. The van der Waals surface area contributed by atoms with E-state index in [-0.39, 0.29) is 83.1 Å². The molecular formula is C69H108O22. The van der Waals surface area contributed by atoms with Gasteiger partial charge in [0.25, 0.3) is 0 Å². The topological polar surface area (TPSA) is 308 Å². The summed E-state index contributed by atoms with van der Waals surface area (Å²) in [4.78, 5) is 63.8. The Morgan fingerprint density at radius 3 is 1.84 bits per heavy atom. The fourth-order valence-electron chi connectivity index (χ4n) is 12.0. The molecule has 4 fully saturated rings. The minimum absolute atomic E-state index is 0.00568. The van der Waals surface area contributed by atoms with E-state index in [1.807, 2.05) is 26.0 Å². The van der Waals surface area contributed by atoms with E-state index in [4.69, 9.17) is 52.1 Å². The van der Waals surface area contributed by atoms with Crippen LogP contribution in [0.15, 0.2) is 71.9 Å². The molecule has 0 aliphatic carbocycles. The standard InChI is InChI=1S/C37H60O11.C32H48O11/c1-5-7-8-9-10-14-32(40)47-35-25(6-2)19-30-23-31(24-38)45-33(41)21-26(39)20-27-12-11-13-28(44-27)22-29-16-18-43-34(46-29)15-17-36(3,4)37(35,42)48-30;1-5-7-8-9-10-12-28(36)42-30-23(6-2)19-25-21-26(22-33)41-29(37)20-24(34)14-18-39-16-11-17-40-27(35)13-15-31(3,4)32(30,38)43-25/h6,15,17,26-31,34-35,38-39,42H,5,7-14,16,18-24H2,1-4H3;6,8-10,12-13,15,24-26,30,33-34,38H,5,7,11,14,16-22H2,1-4H3/b17-15+,25-6+;9-8+,12-10+,15-13+,23-6+/t26-,27+,28?,29?,30+,31-,34+,35+,37-;24-,25+,26-,30+,32-/m11/s1. The van der Waals surface area contributed by atoms with Crippen LogP contribution in [0.3, 0.4) is 0 Å². The summed E-state index contributed by atoms with van der Waals surface area (Å²) in [6.07, 6.45) is 19.6. The fourth-order valence-corrected chi connectivity index (χ4v) is 12.0. The van der Waals surface area contributed by atoms with Crippen molar-refractivity contribution < 1.29 is 107 Å². The molecule has 516 valence electrons. The quantitative estimate of drug-likeness (QED) is 0.0237. The molecule has 6 rings (SSSR count). The van der Waals surface area contributed by atoms with Gasteiger partial charge in [0.15, 0.2) is 18.5 Å². The average molecular weight is 1290 g/mol. The molecule has 6 aliphatic rings. The van der Waals surface area contributed by atoms with E-state index >= 15 is 0 Å². The number of hydrogen-bond donors (Lipinski definition) is 6. The number of hydrogen-bond acceptors (Lipinski definition) is 22. The summed E-state index contributed by atoms with van der Waals surface area (Å²) in [6.45, 7) is 14.7. The Bertz CT molecular complexity index is 2450. The SMILES string of the molecule is C/C=C1\C[C@H]2C[C@H](CO)OC(=O)C[C@H](O)CCOCCCOC(=O)/C=C/C(C)(C)[C@](O)(O2)[C@H]1OC(=O)/C=C/C=C/CCC.C/C=C1\C[C@H]2C[C@H](CO)OC(=O)C[C@H](O)C[C@@H]3CCCC(CC4CCO[C@H](/C=C/C(C)(C)[C@](O)(O2)[C@H]1OC(=O)CCCCCCC)O4)O3. The maximum atomic E-state index is 13.1. The minimum Gasteiger partial charge on any atom is -0.462 e. The van der Waals surface area contributed by atoms with E-state index < -0.39 is 121 Å². The smallest absolute Gasteiger partial charge is 0.331 e. The number of carbonyl (C=O) groups is 5. The Balaban J connectivity index is 0.000000333. The molecule has 0 aromatic rings. The average Bonchev–Trinajstić information content (AvgIpc) is 0.794. The molecule has 6 aliphatic heterocycles. The van der Waals surface area contributed by atoms with Crippen LogP contribution in [0.4, 0.5) is 0 Å². The number of carbonyl (C=O) groups excluding carboxylic acids is 5. The van der Waals surface area contributed by atoms with Crippen molar-refractivity contribution in [2.75, 3.05) is 39.6 Å². The number of aliphatic hydroxyl groups excluding tert-OH is 4. The normalized spacial score (nSPS) is 35.1. The van der Waals surface area contributed by atoms with Crippen LogP contribution in [0, 0.1) is 10.8 Å². The highest BCUT2D eigenvalue weighted by Gasteiger charge is 2.59. The molecule has 0 aromatic heterocycles. The molecule has 14 atom stereocenters. The number of aliphatic hydroxyl groups is 6. The third-order valence-electron chi connectivity index (χ3n) is 17.5. The molecule has 0 aromatic carbocycles. The highest BCUT2D eigenvalue weighted by molar-refractivity contribution is 5.83. The van der Waals surface area contributed by atoms with Crippen molar-refractivity contribution in [2.24, 2.45) is 10.8 Å². The molecule has 22 nitrogen and oxygen atoms in total. The van der Waals surface area contributed by atoms with E-state index in [1.54, 1.807) is 65.0 Å². The van der Waals surface area contributed by atoms with Crippen molar-refractivity contribution in [3.05, 3.63) is 71.9 Å². The molecule has 0 amide bonds. The van der Waals surface area contributed by atoms with Crippen LogP contribution in [-0.2, 0) is 76.1 Å². The van der Waals surface area contributed by atoms with Crippen molar-refractivity contribution in [1.29, 1.82) is 0 Å². The zero-order chi connectivity index (χ0) is 66.6. The van der Waals surface area contributed by atoms with Gasteiger partial charge in [-0.2, -0.15) is 0 Å². The van der Waals surface area contributed by atoms with Gasteiger partial charge in [0.2, 0.25) is 11.6 Å². The number of rotatable bonds is 14. The number of unbranched alkanes of at least 4 members (excludes halogenated alkanes) is 5. The van der Waals surface area contributed by atoms with Crippen LogP contribution in [0.25, 0.3) is 0 Å². The zero-order valence-electron chi connectivity index (χ0n) is 55.2. The number of cyclic esters (lactones) is 3. The van der Waals surface area contributed by atoms with E-state index in [0.717, 1.165) is 57.8 Å². The van der Waals surface area contributed by atoms with Gasteiger partial charge in [-0.3, -0.25) is 14.4 Å². The van der Waals surface area contributed by atoms with Crippen LogP contribution < -0.4 is 0 Å². The van der Waals surface area contributed by atoms with Crippen LogP contribution >= 0.6 is 0 Å². The molecule has 6 heterocycles. The van der Waals surface area contributed by atoms with Crippen molar-refractivity contribution in [3.8, 4) is 0 Å². The lowest BCUT2D eigenvalue weighted by molar-refractivity contribution is -0.327. The number of allylic oxidation sites excluding steroid dienone is 5. The highest BCUT2D eigenvalue weighted by atomic mass is 16.7. The summed E-state index contributed by atoms with van der Waals surface area (Å²) in [6, 6.07) is 0. The van der Waals surface area contributed by atoms with Gasteiger partial charge >= 0.3 is 29.8 Å². The molecule has 0 radical (unpaired) electrons. The predicted octanol–water partition coefficient (Wildman–Crippen LogP) is 8.39. The number of esters is 5. The van der Waals surface area contributed by atoms with E-state index in [9.17, 15) is 54.6 Å². The Morgan fingerprint density at radius 1 is 0.626 bits per heavy atom. The summed E-state index contributed by atoms with van der Waals surface area (Å²) in [5.74, 6) is -7.27. The second kappa shape index (κ2) is 38.6. The third kappa shape index (κ3) is 24.5. The van der Waals surface area contributed by atoms with Crippen LogP contribution in [0.1, 0.15) is 197 Å². The van der Waals surface area contributed by atoms with Crippen molar-refractivity contribution in [3.63, 3.8) is 0 Å². The Morgan fingerprint density at radius 2 is 1.22 bits per heavy atom. The Kier molecular flexibility index (Phi) is 32.7. The summed E-state index contributed by atoms with van der Waals surface area (Å²) < 4.78 is 64.8. The summed E-state index contributed by atoms with van der Waals surface area (Å²) >= 11 is 0. The van der Waals surface area contributed by atoms with Gasteiger partial charge in [0.05, 0.1) is 82.0 Å².